The molecule has 0 fully saturated rings. The normalized spacial score (nSPS) is 22.2. The van der Waals surface area contributed by atoms with Gasteiger partial charge >= 0.3 is 0 Å². The van der Waals surface area contributed by atoms with Crippen LogP contribution in [-0.2, 0) is 15.9 Å². The predicted octanol–water partition coefficient (Wildman–Crippen LogP) is 3.97. The standard InChI is InChI=1S/C16H23ClO2/c1-18-10-4-11-19-12-9-14-8-7-13-5-2-3-6-15(13)16(14)17/h2-3,5-6,14,16H,4,7-12H2,1H3. The van der Waals surface area contributed by atoms with E-state index >= 15 is 0 Å². The summed E-state index contributed by atoms with van der Waals surface area (Å²) in [7, 11) is 1.72. The maximum Gasteiger partial charge on any atom is 0.0617 e. The van der Waals surface area contributed by atoms with Crippen molar-refractivity contribution < 1.29 is 9.47 Å². The quantitative estimate of drug-likeness (QED) is 0.556. The molecular formula is C16H23ClO2. The Morgan fingerprint density at radius 2 is 2.05 bits per heavy atom. The van der Waals surface area contributed by atoms with E-state index in [0.717, 1.165) is 39.1 Å². The Balaban J connectivity index is 1.74. The Labute approximate surface area is 121 Å². The van der Waals surface area contributed by atoms with Crippen LogP contribution in [0.5, 0.6) is 0 Å². The van der Waals surface area contributed by atoms with E-state index in [1.165, 1.54) is 17.5 Å². The lowest BCUT2D eigenvalue weighted by Crippen LogP contribution is -2.19. The van der Waals surface area contributed by atoms with Crippen LogP contribution in [0.2, 0.25) is 0 Å². The van der Waals surface area contributed by atoms with Gasteiger partial charge in [-0.2, -0.15) is 0 Å². The van der Waals surface area contributed by atoms with Gasteiger partial charge in [-0.25, -0.2) is 0 Å². The predicted molar refractivity (Wildman–Crippen MR) is 78.8 cm³/mol. The van der Waals surface area contributed by atoms with Gasteiger partial charge in [-0.15, -0.1) is 11.6 Å². The number of hydrogen-bond donors (Lipinski definition) is 0. The Kier molecular flexibility index (Phi) is 6.15. The first kappa shape index (κ1) is 14.8. The van der Waals surface area contributed by atoms with Crippen LogP contribution in [0.25, 0.3) is 0 Å². The van der Waals surface area contributed by atoms with Gasteiger partial charge in [0.05, 0.1) is 5.38 Å². The van der Waals surface area contributed by atoms with Crippen molar-refractivity contribution in [2.75, 3.05) is 26.9 Å². The molecule has 1 aliphatic carbocycles. The van der Waals surface area contributed by atoms with Gasteiger partial charge in [-0.1, -0.05) is 24.3 Å². The van der Waals surface area contributed by atoms with Crippen molar-refractivity contribution >= 4 is 11.6 Å². The third kappa shape index (κ3) is 4.20. The number of fused-ring (bicyclic) bond motifs is 1. The molecule has 1 aliphatic rings. The van der Waals surface area contributed by atoms with Crippen LogP contribution in [0.3, 0.4) is 0 Å². The largest absolute Gasteiger partial charge is 0.385 e. The van der Waals surface area contributed by atoms with Crippen LogP contribution < -0.4 is 0 Å². The highest BCUT2D eigenvalue weighted by molar-refractivity contribution is 6.21. The molecule has 106 valence electrons. The average molecular weight is 283 g/mol. The topological polar surface area (TPSA) is 18.5 Å². The van der Waals surface area contributed by atoms with Gasteiger partial charge in [0, 0.05) is 26.9 Å². The zero-order valence-corrected chi connectivity index (χ0v) is 12.4. The molecular weight excluding hydrogens is 260 g/mol. The molecule has 0 bridgehead atoms. The van der Waals surface area contributed by atoms with E-state index in [1.807, 2.05) is 0 Å². The van der Waals surface area contributed by atoms with E-state index in [4.69, 9.17) is 21.1 Å². The third-order valence-corrected chi connectivity index (χ3v) is 4.41. The van der Waals surface area contributed by atoms with Gasteiger partial charge in [-0.3, -0.25) is 0 Å². The minimum absolute atomic E-state index is 0.146. The molecule has 19 heavy (non-hydrogen) atoms. The summed E-state index contributed by atoms with van der Waals surface area (Å²) in [6.07, 6.45) is 4.34. The van der Waals surface area contributed by atoms with Crippen molar-refractivity contribution in [1.29, 1.82) is 0 Å². The minimum Gasteiger partial charge on any atom is -0.385 e. The average Bonchev–Trinajstić information content (AvgIpc) is 2.45. The number of hydrogen-bond acceptors (Lipinski definition) is 2. The maximum absolute atomic E-state index is 6.60. The van der Waals surface area contributed by atoms with E-state index in [1.54, 1.807) is 7.11 Å². The Morgan fingerprint density at radius 1 is 1.21 bits per heavy atom. The summed E-state index contributed by atoms with van der Waals surface area (Å²) in [6.45, 7) is 2.36. The highest BCUT2D eigenvalue weighted by atomic mass is 35.5. The van der Waals surface area contributed by atoms with Crippen molar-refractivity contribution in [2.24, 2.45) is 5.92 Å². The number of aryl methyl sites for hydroxylation is 1. The van der Waals surface area contributed by atoms with Crippen LogP contribution in [0.15, 0.2) is 24.3 Å². The van der Waals surface area contributed by atoms with Gasteiger partial charge in [0.15, 0.2) is 0 Å². The Bertz CT molecular complexity index is 381. The fourth-order valence-electron chi connectivity index (χ4n) is 2.70. The summed E-state index contributed by atoms with van der Waals surface area (Å²) >= 11 is 6.60. The lowest BCUT2D eigenvalue weighted by molar-refractivity contribution is 0.0920. The van der Waals surface area contributed by atoms with Crippen molar-refractivity contribution in [1.82, 2.24) is 0 Å². The van der Waals surface area contributed by atoms with E-state index < -0.39 is 0 Å². The highest BCUT2D eigenvalue weighted by Gasteiger charge is 2.27. The van der Waals surface area contributed by atoms with Gasteiger partial charge in [0.25, 0.3) is 0 Å². The Morgan fingerprint density at radius 3 is 2.89 bits per heavy atom. The van der Waals surface area contributed by atoms with E-state index in [9.17, 15) is 0 Å². The molecule has 0 aliphatic heterocycles. The molecule has 3 heteroatoms. The second kappa shape index (κ2) is 7.88. The van der Waals surface area contributed by atoms with Gasteiger partial charge in [0.1, 0.15) is 0 Å². The van der Waals surface area contributed by atoms with Gasteiger partial charge in [0.2, 0.25) is 0 Å². The zero-order valence-electron chi connectivity index (χ0n) is 11.6. The molecule has 0 saturated carbocycles. The smallest absolute Gasteiger partial charge is 0.0617 e. The SMILES string of the molecule is COCCCOCCC1CCc2ccccc2C1Cl. The van der Waals surface area contributed by atoms with E-state index in [0.29, 0.717) is 5.92 Å². The molecule has 0 heterocycles. The summed E-state index contributed by atoms with van der Waals surface area (Å²) < 4.78 is 10.6. The molecule has 0 saturated heterocycles. The molecule has 1 aromatic carbocycles. The summed E-state index contributed by atoms with van der Waals surface area (Å²) in [6, 6.07) is 8.54. The van der Waals surface area contributed by atoms with Crippen LogP contribution in [0, 0.1) is 5.92 Å². The molecule has 0 N–H and O–H groups in total. The molecule has 2 unspecified atom stereocenters. The van der Waals surface area contributed by atoms with Crippen molar-refractivity contribution in [3.63, 3.8) is 0 Å². The number of ether oxygens (including phenoxy) is 2. The first-order valence-corrected chi connectivity index (χ1v) is 7.55. The molecule has 0 aromatic heterocycles. The lowest BCUT2D eigenvalue weighted by atomic mass is 9.82. The number of rotatable bonds is 7. The Hall–Kier alpha value is -0.570. The van der Waals surface area contributed by atoms with Gasteiger partial charge in [-0.05, 0) is 42.7 Å². The molecule has 2 nitrogen and oxygen atoms in total. The summed E-state index contributed by atoms with van der Waals surface area (Å²) in [5.41, 5.74) is 2.74. The van der Waals surface area contributed by atoms with Crippen LogP contribution in [0.4, 0.5) is 0 Å². The maximum atomic E-state index is 6.60. The van der Waals surface area contributed by atoms with Gasteiger partial charge < -0.3 is 9.47 Å². The second-order valence-corrected chi connectivity index (χ2v) is 5.62. The van der Waals surface area contributed by atoms with Crippen molar-refractivity contribution in [3.05, 3.63) is 35.4 Å². The van der Waals surface area contributed by atoms with Crippen LogP contribution >= 0.6 is 11.6 Å². The van der Waals surface area contributed by atoms with Crippen LogP contribution in [0.1, 0.15) is 35.8 Å². The summed E-state index contributed by atoms with van der Waals surface area (Å²) in [5.74, 6) is 0.541. The molecule has 0 radical (unpaired) electrons. The fraction of sp³-hybridized carbons (Fsp3) is 0.625. The second-order valence-electron chi connectivity index (χ2n) is 5.15. The first-order chi connectivity index (χ1) is 9.33. The van der Waals surface area contributed by atoms with Crippen LogP contribution in [-0.4, -0.2) is 26.9 Å². The first-order valence-electron chi connectivity index (χ1n) is 7.11. The third-order valence-electron chi connectivity index (χ3n) is 3.82. The number of alkyl halides is 1. The lowest BCUT2D eigenvalue weighted by Gasteiger charge is -2.29. The molecule has 0 amide bonds. The van der Waals surface area contributed by atoms with E-state index in [2.05, 4.69) is 24.3 Å². The minimum atomic E-state index is 0.146. The highest BCUT2D eigenvalue weighted by Crippen LogP contribution is 2.40. The summed E-state index contributed by atoms with van der Waals surface area (Å²) in [5, 5.41) is 0.146. The summed E-state index contributed by atoms with van der Waals surface area (Å²) in [4.78, 5) is 0. The number of benzene rings is 1. The molecule has 1 aromatic rings. The molecule has 2 rings (SSSR count). The molecule has 0 spiro atoms. The van der Waals surface area contributed by atoms with Crippen molar-refractivity contribution in [3.8, 4) is 0 Å². The van der Waals surface area contributed by atoms with E-state index in [-0.39, 0.29) is 5.38 Å². The fourth-order valence-corrected chi connectivity index (χ4v) is 3.17. The number of methoxy groups -OCH3 is 1. The number of halogens is 1. The molecule has 2 atom stereocenters. The monoisotopic (exact) mass is 282 g/mol. The zero-order chi connectivity index (χ0) is 13.5. The van der Waals surface area contributed by atoms with Crippen molar-refractivity contribution in [2.45, 2.75) is 31.1 Å².